The molecule has 0 heterocycles. The number of hydrogen-bond donors (Lipinski definition) is 1. The van der Waals surface area contributed by atoms with Crippen LogP contribution in [-0.4, -0.2) is 24.8 Å². The van der Waals surface area contributed by atoms with Gasteiger partial charge in [-0.3, -0.25) is 0 Å². The lowest BCUT2D eigenvalue weighted by molar-refractivity contribution is -0.182. The summed E-state index contributed by atoms with van der Waals surface area (Å²) in [6, 6.07) is 1.21. The van der Waals surface area contributed by atoms with Gasteiger partial charge in [-0.1, -0.05) is 20.8 Å². The Bertz CT molecular complexity index is 200. The minimum Gasteiger partial charge on any atom is -0.378 e. The maximum atomic E-state index is 5.59. The van der Waals surface area contributed by atoms with E-state index < -0.39 is 0 Å². The van der Waals surface area contributed by atoms with E-state index in [0.717, 1.165) is 6.42 Å². The van der Waals surface area contributed by atoms with Crippen LogP contribution in [0.25, 0.3) is 0 Å². The van der Waals surface area contributed by atoms with Crippen LogP contribution in [0.4, 0.5) is 0 Å². The molecule has 14 heavy (non-hydrogen) atoms. The average Bonchev–Trinajstić information content (AvgIpc) is 2.16. The predicted octanol–water partition coefficient (Wildman–Crippen LogP) is 2.58. The molecular formula is C12H25NO. The van der Waals surface area contributed by atoms with Crippen LogP contribution >= 0.6 is 0 Å². The Hall–Kier alpha value is -0.0800. The summed E-state index contributed by atoms with van der Waals surface area (Å²) in [6.45, 7) is 11.3. The second-order valence-electron chi connectivity index (χ2n) is 5.39. The van der Waals surface area contributed by atoms with Crippen molar-refractivity contribution in [1.29, 1.82) is 0 Å². The predicted molar refractivity (Wildman–Crippen MR) is 60.5 cm³/mol. The molecule has 0 saturated heterocycles. The van der Waals surface area contributed by atoms with Crippen molar-refractivity contribution in [3.8, 4) is 0 Å². The number of hydrogen-bond acceptors (Lipinski definition) is 2. The Labute approximate surface area is 88.4 Å². The van der Waals surface area contributed by atoms with Gasteiger partial charge in [0.05, 0.1) is 5.60 Å². The van der Waals surface area contributed by atoms with Gasteiger partial charge in [0.1, 0.15) is 0 Å². The molecule has 2 nitrogen and oxygen atoms in total. The molecule has 0 aliphatic heterocycles. The maximum Gasteiger partial charge on any atom is 0.0731 e. The van der Waals surface area contributed by atoms with E-state index in [1.54, 1.807) is 0 Å². The number of rotatable bonds is 4. The summed E-state index contributed by atoms with van der Waals surface area (Å²) >= 11 is 0. The van der Waals surface area contributed by atoms with Crippen molar-refractivity contribution < 1.29 is 4.74 Å². The lowest BCUT2D eigenvalue weighted by Crippen LogP contribution is -2.68. The minimum atomic E-state index is 0.0537. The number of methoxy groups -OCH3 is 1. The van der Waals surface area contributed by atoms with Crippen LogP contribution < -0.4 is 5.32 Å². The van der Waals surface area contributed by atoms with Gasteiger partial charge < -0.3 is 10.1 Å². The van der Waals surface area contributed by atoms with Crippen LogP contribution in [0, 0.1) is 5.41 Å². The van der Waals surface area contributed by atoms with E-state index >= 15 is 0 Å². The zero-order valence-corrected chi connectivity index (χ0v) is 10.5. The first-order valence-corrected chi connectivity index (χ1v) is 5.68. The van der Waals surface area contributed by atoms with Gasteiger partial charge in [-0.05, 0) is 26.7 Å². The van der Waals surface area contributed by atoms with Crippen LogP contribution in [0.5, 0.6) is 0 Å². The molecule has 0 spiro atoms. The van der Waals surface area contributed by atoms with Gasteiger partial charge >= 0.3 is 0 Å². The van der Waals surface area contributed by atoms with E-state index in [1.807, 2.05) is 7.11 Å². The van der Waals surface area contributed by atoms with Crippen LogP contribution in [0.1, 0.15) is 47.5 Å². The van der Waals surface area contributed by atoms with Crippen molar-refractivity contribution in [1.82, 2.24) is 5.32 Å². The van der Waals surface area contributed by atoms with Gasteiger partial charge in [0.15, 0.2) is 0 Å². The zero-order valence-electron chi connectivity index (χ0n) is 10.5. The van der Waals surface area contributed by atoms with Crippen LogP contribution in [0.15, 0.2) is 0 Å². The smallest absolute Gasteiger partial charge is 0.0731 e. The molecule has 0 aromatic carbocycles. The summed E-state index contributed by atoms with van der Waals surface area (Å²) in [5, 5.41) is 3.67. The van der Waals surface area contributed by atoms with E-state index in [-0.39, 0.29) is 11.0 Å². The second kappa shape index (κ2) is 3.82. The van der Waals surface area contributed by atoms with Crippen molar-refractivity contribution in [2.24, 2.45) is 5.41 Å². The molecule has 1 N–H and O–H groups in total. The fourth-order valence-corrected chi connectivity index (χ4v) is 2.22. The van der Waals surface area contributed by atoms with Crippen molar-refractivity contribution in [2.75, 3.05) is 7.11 Å². The second-order valence-corrected chi connectivity index (χ2v) is 5.39. The van der Waals surface area contributed by atoms with E-state index in [0.29, 0.717) is 12.1 Å². The fourth-order valence-electron chi connectivity index (χ4n) is 2.22. The standard InChI is InChI=1S/C12H25NO/c1-7-9(2)13-10-8-12(5,14-6)11(10,3)4/h9-10,13H,7-8H2,1-6H3. The summed E-state index contributed by atoms with van der Waals surface area (Å²) in [7, 11) is 1.82. The molecule has 84 valence electrons. The van der Waals surface area contributed by atoms with Crippen LogP contribution in [0.3, 0.4) is 0 Å². The van der Waals surface area contributed by atoms with Gasteiger partial charge in [0.2, 0.25) is 0 Å². The Kier molecular flexibility index (Phi) is 3.27. The molecule has 1 aliphatic carbocycles. The molecule has 0 bridgehead atoms. The highest BCUT2D eigenvalue weighted by Gasteiger charge is 2.57. The fraction of sp³-hybridized carbons (Fsp3) is 1.00. The average molecular weight is 199 g/mol. The summed E-state index contributed by atoms with van der Waals surface area (Å²) in [5.41, 5.74) is 0.295. The van der Waals surface area contributed by atoms with Crippen molar-refractivity contribution in [2.45, 2.75) is 65.1 Å². The Balaban J connectivity index is 2.55. The highest BCUT2D eigenvalue weighted by molar-refractivity contribution is 5.11. The number of ether oxygens (including phenoxy) is 1. The largest absolute Gasteiger partial charge is 0.378 e. The Morgan fingerprint density at radius 1 is 1.43 bits per heavy atom. The molecule has 1 aliphatic rings. The summed E-state index contributed by atoms with van der Waals surface area (Å²) in [4.78, 5) is 0. The van der Waals surface area contributed by atoms with Crippen molar-refractivity contribution in [3.05, 3.63) is 0 Å². The van der Waals surface area contributed by atoms with E-state index in [9.17, 15) is 0 Å². The third-order valence-electron chi connectivity index (χ3n) is 4.38. The molecule has 1 saturated carbocycles. The first kappa shape index (κ1) is 12.0. The lowest BCUT2D eigenvalue weighted by Gasteiger charge is -2.60. The SMILES string of the molecule is CCC(C)NC1CC(C)(OC)C1(C)C. The molecule has 0 aromatic rings. The quantitative estimate of drug-likeness (QED) is 0.751. The molecule has 1 rings (SSSR count). The first-order valence-electron chi connectivity index (χ1n) is 5.68. The molecule has 2 heteroatoms. The van der Waals surface area contributed by atoms with Crippen LogP contribution in [-0.2, 0) is 4.74 Å². The van der Waals surface area contributed by atoms with Gasteiger partial charge in [0.25, 0.3) is 0 Å². The summed E-state index contributed by atoms with van der Waals surface area (Å²) in [6.07, 6.45) is 2.32. The maximum absolute atomic E-state index is 5.59. The van der Waals surface area contributed by atoms with E-state index in [4.69, 9.17) is 4.74 Å². The van der Waals surface area contributed by atoms with Gasteiger partial charge in [-0.15, -0.1) is 0 Å². The zero-order chi connectivity index (χ0) is 11.0. The third-order valence-corrected chi connectivity index (χ3v) is 4.38. The molecule has 0 radical (unpaired) electrons. The molecule has 3 unspecified atom stereocenters. The van der Waals surface area contributed by atoms with Gasteiger partial charge in [-0.25, -0.2) is 0 Å². The number of nitrogens with one attached hydrogen (secondary N) is 1. The molecule has 1 fully saturated rings. The minimum absolute atomic E-state index is 0.0537. The third kappa shape index (κ3) is 1.70. The lowest BCUT2D eigenvalue weighted by atomic mass is 9.55. The Morgan fingerprint density at radius 3 is 2.36 bits per heavy atom. The monoisotopic (exact) mass is 199 g/mol. The van der Waals surface area contributed by atoms with Gasteiger partial charge in [0, 0.05) is 24.6 Å². The Morgan fingerprint density at radius 2 is 2.00 bits per heavy atom. The highest BCUT2D eigenvalue weighted by atomic mass is 16.5. The normalized spacial score (nSPS) is 37.7. The van der Waals surface area contributed by atoms with Crippen LogP contribution in [0.2, 0.25) is 0 Å². The molecule has 0 amide bonds. The first-order chi connectivity index (χ1) is 6.37. The van der Waals surface area contributed by atoms with Crippen molar-refractivity contribution in [3.63, 3.8) is 0 Å². The molecular weight excluding hydrogens is 174 g/mol. The summed E-state index contributed by atoms with van der Waals surface area (Å²) in [5.74, 6) is 0. The van der Waals surface area contributed by atoms with Gasteiger partial charge in [-0.2, -0.15) is 0 Å². The van der Waals surface area contributed by atoms with Crippen molar-refractivity contribution >= 4 is 0 Å². The molecule has 0 aromatic heterocycles. The van der Waals surface area contributed by atoms with E-state index in [1.165, 1.54) is 6.42 Å². The van der Waals surface area contributed by atoms with E-state index in [2.05, 4.69) is 39.9 Å². The highest BCUT2D eigenvalue weighted by Crippen LogP contribution is 2.51. The molecule has 3 atom stereocenters. The summed E-state index contributed by atoms with van der Waals surface area (Å²) < 4.78 is 5.59. The topological polar surface area (TPSA) is 21.3 Å².